The Balaban J connectivity index is 1.74. The van der Waals surface area contributed by atoms with E-state index in [4.69, 9.17) is 10.5 Å². The molecule has 2 aliphatic heterocycles. The number of rotatable bonds is 6. The van der Waals surface area contributed by atoms with E-state index in [0.29, 0.717) is 12.0 Å². The van der Waals surface area contributed by atoms with Crippen molar-refractivity contribution in [2.45, 2.75) is 31.7 Å². The van der Waals surface area contributed by atoms with Gasteiger partial charge in [0.2, 0.25) is 0 Å². The zero-order valence-electron chi connectivity index (χ0n) is 11.8. The lowest BCUT2D eigenvalue weighted by Crippen LogP contribution is -2.48. The summed E-state index contributed by atoms with van der Waals surface area (Å²) in [5, 5.41) is 0. The fourth-order valence-corrected chi connectivity index (χ4v) is 3.27. The average Bonchev–Trinajstić information content (AvgIpc) is 2.92. The van der Waals surface area contributed by atoms with Crippen molar-refractivity contribution in [2.75, 3.05) is 53.0 Å². The molecule has 2 rings (SSSR count). The summed E-state index contributed by atoms with van der Waals surface area (Å²) in [5.41, 5.74) is 5.98. The molecule has 2 aliphatic rings. The monoisotopic (exact) mass is 255 g/mol. The van der Waals surface area contributed by atoms with Gasteiger partial charge in [-0.05, 0) is 51.7 Å². The molecule has 2 N–H and O–H groups in total. The van der Waals surface area contributed by atoms with Gasteiger partial charge in [-0.15, -0.1) is 0 Å². The molecule has 0 amide bonds. The van der Waals surface area contributed by atoms with Crippen molar-refractivity contribution in [3.63, 3.8) is 0 Å². The van der Waals surface area contributed by atoms with Gasteiger partial charge in [0.15, 0.2) is 0 Å². The smallest absolute Gasteiger partial charge is 0.0509 e. The zero-order chi connectivity index (χ0) is 12.8. The van der Waals surface area contributed by atoms with Crippen molar-refractivity contribution in [3.8, 4) is 0 Å². The van der Waals surface area contributed by atoms with Crippen LogP contribution in [-0.4, -0.2) is 68.8 Å². The third-order valence-corrected chi connectivity index (χ3v) is 4.51. The lowest BCUT2D eigenvalue weighted by molar-refractivity contribution is 0.0159. The van der Waals surface area contributed by atoms with Crippen LogP contribution in [0, 0.1) is 5.92 Å². The molecule has 0 bridgehead atoms. The van der Waals surface area contributed by atoms with Crippen molar-refractivity contribution in [1.29, 1.82) is 0 Å². The minimum Gasteiger partial charge on any atom is -0.381 e. The molecule has 2 atom stereocenters. The summed E-state index contributed by atoms with van der Waals surface area (Å²) < 4.78 is 5.60. The van der Waals surface area contributed by atoms with E-state index >= 15 is 0 Å². The standard InChI is InChI=1S/C14H29N3O/c1-16(8-9-17-6-2-3-7-17)14(11-15)13-5-4-10-18-12-13/h13-14H,2-12,15H2,1H3. The van der Waals surface area contributed by atoms with Crippen LogP contribution in [0.1, 0.15) is 25.7 Å². The third kappa shape index (κ3) is 3.92. The Hall–Kier alpha value is -0.160. The van der Waals surface area contributed by atoms with E-state index in [1.807, 2.05) is 0 Å². The second-order valence-electron chi connectivity index (χ2n) is 5.81. The van der Waals surface area contributed by atoms with Crippen molar-refractivity contribution >= 4 is 0 Å². The third-order valence-electron chi connectivity index (χ3n) is 4.51. The van der Waals surface area contributed by atoms with Crippen LogP contribution < -0.4 is 5.73 Å². The molecule has 2 saturated heterocycles. The molecule has 2 fully saturated rings. The molecule has 0 aromatic carbocycles. The second-order valence-corrected chi connectivity index (χ2v) is 5.81. The number of hydrogen-bond donors (Lipinski definition) is 1. The van der Waals surface area contributed by atoms with Crippen LogP contribution in [0.3, 0.4) is 0 Å². The van der Waals surface area contributed by atoms with E-state index in [1.54, 1.807) is 0 Å². The van der Waals surface area contributed by atoms with E-state index in [1.165, 1.54) is 45.3 Å². The lowest BCUT2D eigenvalue weighted by Gasteiger charge is -2.36. The Labute approximate surface area is 111 Å². The fourth-order valence-electron chi connectivity index (χ4n) is 3.27. The maximum Gasteiger partial charge on any atom is 0.0509 e. The van der Waals surface area contributed by atoms with E-state index in [0.717, 1.165) is 26.3 Å². The van der Waals surface area contributed by atoms with Gasteiger partial charge in [-0.1, -0.05) is 0 Å². The van der Waals surface area contributed by atoms with Gasteiger partial charge in [-0.25, -0.2) is 0 Å². The highest BCUT2D eigenvalue weighted by molar-refractivity contribution is 4.81. The maximum absolute atomic E-state index is 5.98. The van der Waals surface area contributed by atoms with Gasteiger partial charge in [-0.3, -0.25) is 0 Å². The van der Waals surface area contributed by atoms with E-state index in [9.17, 15) is 0 Å². The van der Waals surface area contributed by atoms with Crippen LogP contribution in [-0.2, 0) is 4.74 Å². The average molecular weight is 255 g/mol. The molecular weight excluding hydrogens is 226 g/mol. The molecule has 18 heavy (non-hydrogen) atoms. The first kappa shape index (κ1) is 14.3. The van der Waals surface area contributed by atoms with Gasteiger partial charge in [0.25, 0.3) is 0 Å². The summed E-state index contributed by atoms with van der Waals surface area (Å²) >= 11 is 0. The lowest BCUT2D eigenvalue weighted by atomic mass is 9.93. The highest BCUT2D eigenvalue weighted by atomic mass is 16.5. The molecule has 0 aromatic heterocycles. The first-order chi connectivity index (χ1) is 8.81. The van der Waals surface area contributed by atoms with Crippen LogP contribution in [0.2, 0.25) is 0 Å². The van der Waals surface area contributed by atoms with Crippen LogP contribution in [0.25, 0.3) is 0 Å². The van der Waals surface area contributed by atoms with Crippen molar-refractivity contribution in [1.82, 2.24) is 9.80 Å². The Morgan fingerprint density at radius 3 is 2.72 bits per heavy atom. The first-order valence-electron chi connectivity index (χ1n) is 7.51. The minimum atomic E-state index is 0.493. The molecule has 0 saturated carbocycles. The number of likely N-dealkylation sites (N-methyl/N-ethyl adjacent to an activating group) is 1. The molecule has 0 spiro atoms. The molecule has 2 unspecified atom stereocenters. The quantitative estimate of drug-likeness (QED) is 0.761. The predicted molar refractivity (Wildman–Crippen MR) is 74.7 cm³/mol. The van der Waals surface area contributed by atoms with Crippen molar-refractivity contribution in [2.24, 2.45) is 11.7 Å². The normalized spacial score (nSPS) is 27.8. The van der Waals surface area contributed by atoms with Gasteiger partial charge in [0.1, 0.15) is 0 Å². The molecule has 106 valence electrons. The van der Waals surface area contributed by atoms with Crippen molar-refractivity contribution in [3.05, 3.63) is 0 Å². The summed E-state index contributed by atoms with van der Waals surface area (Å²) in [6.07, 6.45) is 5.22. The van der Waals surface area contributed by atoms with E-state index < -0.39 is 0 Å². The highest BCUT2D eigenvalue weighted by Gasteiger charge is 2.26. The summed E-state index contributed by atoms with van der Waals surface area (Å²) in [7, 11) is 2.22. The van der Waals surface area contributed by atoms with Crippen LogP contribution in [0.15, 0.2) is 0 Å². The van der Waals surface area contributed by atoms with Gasteiger partial charge in [0, 0.05) is 32.3 Å². The van der Waals surface area contributed by atoms with Crippen LogP contribution in [0.5, 0.6) is 0 Å². The topological polar surface area (TPSA) is 41.7 Å². The number of hydrogen-bond acceptors (Lipinski definition) is 4. The Kier molecular flexibility index (Phi) is 5.89. The molecule has 0 aromatic rings. The molecule has 0 aliphatic carbocycles. The van der Waals surface area contributed by atoms with Crippen LogP contribution >= 0.6 is 0 Å². The molecular formula is C14H29N3O. The molecule has 0 radical (unpaired) electrons. The SMILES string of the molecule is CN(CCN1CCCC1)C(CN)C1CCCOC1. The minimum absolute atomic E-state index is 0.493. The van der Waals surface area contributed by atoms with Gasteiger partial charge >= 0.3 is 0 Å². The maximum atomic E-state index is 5.98. The Bertz CT molecular complexity index is 225. The highest BCUT2D eigenvalue weighted by Crippen LogP contribution is 2.20. The number of ether oxygens (including phenoxy) is 1. The van der Waals surface area contributed by atoms with Crippen molar-refractivity contribution < 1.29 is 4.74 Å². The van der Waals surface area contributed by atoms with Gasteiger partial charge < -0.3 is 20.3 Å². The summed E-state index contributed by atoms with van der Waals surface area (Å²) in [4.78, 5) is 5.03. The first-order valence-corrected chi connectivity index (χ1v) is 7.51. The second kappa shape index (κ2) is 7.43. The number of nitrogens with two attached hydrogens (primary N) is 1. The summed E-state index contributed by atoms with van der Waals surface area (Å²) in [6, 6.07) is 0.493. The molecule has 4 heteroatoms. The van der Waals surface area contributed by atoms with E-state index in [-0.39, 0.29) is 0 Å². The largest absolute Gasteiger partial charge is 0.381 e. The Morgan fingerprint density at radius 1 is 1.33 bits per heavy atom. The van der Waals surface area contributed by atoms with Crippen LogP contribution in [0.4, 0.5) is 0 Å². The van der Waals surface area contributed by atoms with Gasteiger partial charge in [-0.2, -0.15) is 0 Å². The number of likely N-dealkylation sites (tertiary alicyclic amines) is 1. The fraction of sp³-hybridized carbons (Fsp3) is 1.00. The Morgan fingerprint density at radius 2 is 2.11 bits per heavy atom. The molecule has 2 heterocycles. The summed E-state index contributed by atoms with van der Waals surface area (Å²) in [6.45, 7) is 7.49. The van der Waals surface area contributed by atoms with Gasteiger partial charge in [0.05, 0.1) is 6.61 Å². The summed E-state index contributed by atoms with van der Waals surface area (Å²) in [5.74, 6) is 0.632. The van der Waals surface area contributed by atoms with E-state index in [2.05, 4.69) is 16.8 Å². The molecule has 4 nitrogen and oxygen atoms in total. The predicted octanol–water partition coefficient (Wildman–Crippen LogP) is 0.768. The number of nitrogens with zero attached hydrogens (tertiary/aromatic N) is 2. The zero-order valence-corrected chi connectivity index (χ0v) is 11.8.